The normalized spacial score (nSPS) is 19.0. The van der Waals surface area contributed by atoms with Gasteiger partial charge in [-0.1, -0.05) is 25.1 Å². The van der Waals surface area contributed by atoms with E-state index in [4.69, 9.17) is 4.74 Å². The van der Waals surface area contributed by atoms with Crippen molar-refractivity contribution in [1.29, 1.82) is 0 Å². The molecule has 0 radical (unpaired) electrons. The zero-order valence-electron chi connectivity index (χ0n) is 21.7. The van der Waals surface area contributed by atoms with Gasteiger partial charge in [0.2, 0.25) is 5.91 Å². The van der Waals surface area contributed by atoms with Gasteiger partial charge in [0.15, 0.2) is 0 Å². The van der Waals surface area contributed by atoms with Crippen molar-refractivity contribution >= 4 is 28.4 Å². The quantitative estimate of drug-likeness (QED) is 0.529. The van der Waals surface area contributed by atoms with Crippen LogP contribution < -0.4 is 10.1 Å². The summed E-state index contributed by atoms with van der Waals surface area (Å²) in [4.78, 5) is 30.3. The zero-order valence-corrected chi connectivity index (χ0v) is 21.7. The Hall–Kier alpha value is -3.36. The predicted molar refractivity (Wildman–Crippen MR) is 141 cm³/mol. The largest absolute Gasteiger partial charge is 0.488 e. The van der Waals surface area contributed by atoms with Crippen molar-refractivity contribution in [2.24, 2.45) is 13.0 Å². The molecule has 0 spiro atoms. The summed E-state index contributed by atoms with van der Waals surface area (Å²) in [7, 11) is 5.95. The number of anilines is 1. The second kappa shape index (κ2) is 10.7. The number of nitrogens with one attached hydrogen (secondary N) is 1. The lowest BCUT2D eigenvalue weighted by molar-refractivity contribution is -0.115. The number of para-hydroxylation sites is 1. The number of ether oxygens (including phenoxy) is 1. The fourth-order valence-corrected chi connectivity index (χ4v) is 4.82. The standard InChI is InChI=1S/C28H36N4O4/c1-18-14-32(19(2)17-33)28(35)23-13-21(10-11-25(23)36-26(18)16-30(3)4)29-27(34)12-20-15-31(5)24-9-7-6-8-22(20)24/h6-11,13,15,18-19,26,33H,12,14,16-17H2,1-5H3,(H,29,34)/t18-,19+,26-/m1/s1. The van der Waals surface area contributed by atoms with E-state index in [0.29, 0.717) is 30.1 Å². The molecule has 1 aliphatic heterocycles. The first-order valence-corrected chi connectivity index (χ1v) is 12.4. The van der Waals surface area contributed by atoms with Crippen LogP contribution in [0.3, 0.4) is 0 Å². The molecule has 0 fully saturated rings. The minimum absolute atomic E-state index is 0.0681. The van der Waals surface area contributed by atoms with Gasteiger partial charge >= 0.3 is 0 Å². The number of amides is 2. The Morgan fingerprint density at radius 1 is 1.25 bits per heavy atom. The maximum Gasteiger partial charge on any atom is 0.258 e. The predicted octanol–water partition coefficient (Wildman–Crippen LogP) is 3.14. The average Bonchev–Trinajstić information content (AvgIpc) is 3.16. The van der Waals surface area contributed by atoms with Gasteiger partial charge in [-0.3, -0.25) is 9.59 Å². The van der Waals surface area contributed by atoms with Crippen LogP contribution in [0.2, 0.25) is 0 Å². The van der Waals surface area contributed by atoms with Gasteiger partial charge in [-0.15, -0.1) is 0 Å². The maximum absolute atomic E-state index is 13.6. The molecule has 0 saturated carbocycles. The molecule has 0 unspecified atom stereocenters. The molecule has 1 aliphatic rings. The van der Waals surface area contributed by atoms with Gasteiger partial charge in [0.1, 0.15) is 11.9 Å². The molecule has 0 bridgehead atoms. The lowest BCUT2D eigenvalue weighted by atomic mass is 9.99. The van der Waals surface area contributed by atoms with E-state index in [2.05, 4.69) is 17.1 Å². The molecule has 2 N–H and O–H groups in total. The summed E-state index contributed by atoms with van der Waals surface area (Å²) in [6.07, 6.45) is 2.06. The second-order valence-electron chi connectivity index (χ2n) is 10.1. The molecule has 3 atom stereocenters. The van der Waals surface area contributed by atoms with Gasteiger partial charge in [-0.05, 0) is 50.8 Å². The van der Waals surface area contributed by atoms with E-state index in [9.17, 15) is 14.7 Å². The van der Waals surface area contributed by atoms with Crippen LogP contribution in [0, 0.1) is 5.92 Å². The van der Waals surface area contributed by atoms with E-state index in [1.165, 1.54) is 0 Å². The van der Waals surface area contributed by atoms with Crippen LogP contribution in [-0.2, 0) is 18.3 Å². The molecule has 2 amide bonds. The fourth-order valence-electron chi connectivity index (χ4n) is 4.82. The van der Waals surface area contributed by atoms with Gasteiger partial charge in [0, 0.05) is 48.8 Å². The molecule has 0 saturated heterocycles. The van der Waals surface area contributed by atoms with Crippen LogP contribution in [0.15, 0.2) is 48.7 Å². The number of benzene rings is 2. The minimum atomic E-state index is -0.337. The number of rotatable bonds is 7. The molecule has 192 valence electrons. The third-order valence-electron chi connectivity index (χ3n) is 6.82. The Morgan fingerprint density at radius 2 is 2.00 bits per heavy atom. The van der Waals surface area contributed by atoms with Gasteiger partial charge in [-0.2, -0.15) is 0 Å². The summed E-state index contributed by atoms with van der Waals surface area (Å²) < 4.78 is 8.35. The first-order valence-electron chi connectivity index (χ1n) is 12.4. The number of carbonyl (C=O) groups excluding carboxylic acids is 2. The van der Waals surface area contributed by atoms with Gasteiger partial charge in [-0.25, -0.2) is 0 Å². The van der Waals surface area contributed by atoms with Crippen LogP contribution in [0.25, 0.3) is 10.9 Å². The van der Waals surface area contributed by atoms with Crippen molar-refractivity contribution in [2.45, 2.75) is 32.4 Å². The SMILES string of the molecule is C[C@@H]1CN([C@@H](C)CO)C(=O)c2cc(NC(=O)Cc3cn(C)c4ccccc34)ccc2O[C@@H]1CN(C)C. The number of aliphatic hydroxyl groups excluding tert-OH is 1. The monoisotopic (exact) mass is 492 g/mol. The Labute approximate surface area is 212 Å². The van der Waals surface area contributed by atoms with Crippen molar-refractivity contribution < 1.29 is 19.4 Å². The minimum Gasteiger partial charge on any atom is -0.488 e. The Bertz CT molecular complexity index is 1250. The maximum atomic E-state index is 13.6. The van der Waals surface area contributed by atoms with E-state index in [-0.39, 0.29) is 42.9 Å². The van der Waals surface area contributed by atoms with Crippen LogP contribution in [0.5, 0.6) is 5.75 Å². The molecule has 2 heterocycles. The summed E-state index contributed by atoms with van der Waals surface area (Å²) >= 11 is 0. The van der Waals surface area contributed by atoms with E-state index < -0.39 is 0 Å². The average molecular weight is 493 g/mol. The molecule has 3 aromatic rings. The Kier molecular flexibility index (Phi) is 7.66. The van der Waals surface area contributed by atoms with Gasteiger partial charge < -0.3 is 29.5 Å². The van der Waals surface area contributed by atoms with Crippen LogP contribution in [0.4, 0.5) is 5.69 Å². The van der Waals surface area contributed by atoms with E-state index >= 15 is 0 Å². The molecule has 0 aliphatic carbocycles. The highest BCUT2D eigenvalue weighted by molar-refractivity contribution is 6.00. The lowest BCUT2D eigenvalue weighted by Gasteiger charge is -2.37. The first kappa shape index (κ1) is 25.7. The van der Waals surface area contributed by atoms with Crippen LogP contribution in [0.1, 0.15) is 29.8 Å². The fraction of sp³-hybridized carbons (Fsp3) is 0.429. The molecule has 8 heteroatoms. The van der Waals surface area contributed by atoms with Crippen molar-refractivity contribution in [3.8, 4) is 5.75 Å². The van der Waals surface area contributed by atoms with Crippen LogP contribution >= 0.6 is 0 Å². The molecule has 36 heavy (non-hydrogen) atoms. The Morgan fingerprint density at radius 3 is 2.72 bits per heavy atom. The third-order valence-corrected chi connectivity index (χ3v) is 6.82. The molecule has 8 nitrogen and oxygen atoms in total. The van der Waals surface area contributed by atoms with Crippen molar-refractivity contribution in [3.63, 3.8) is 0 Å². The molecule has 1 aromatic heterocycles. The third kappa shape index (κ3) is 5.39. The number of aromatic nitrogens is 1. The number of nitrogens with zero attached hydrogens (tertiary/aromatic N) is 3. The number of hydrogen-bond donors (Lipinski definition) is 2. The van der Waals surface area contributed by atoms with E-state index in [0.717, 1.165) is 16.5 Å². The highest BCUT2D eigenvalue weighted by Gasteiger charge is 2.33. The highest BCUT2D eigenvalue weighted by atomic mass is 16.5. The van der Waals surface area contributed by atoms with Gasteiger partial charge in [0.05, 0.1) is 24.6 Å². The van der Waals surface area contributed by atoms with Crippen LogP contribution in [-0.4, -0.2) is 77.2 Å². The number of likely N-dealkylation sites (N-methyl/N-ethyl adjacent to an activating group) is 1. The number of fused-ring (bicyclic) bond motifs is 2. The number of aryl methyl sites for hydroxylation is 1. The number of hydrogen-bond acceptors (Lipinski definition) is 5. The summed E-state index contributed by atoms with van der Waals surface area (Å²) in [5, 5.41) is 13.8. The lowest BCUT2D eigenvalue weighted by Crippen LogP contribution is -2.49. The van der Waals surface area contributed by atoms with Crippen molar-refractivity contribution in [1.82, 2.24) is 14.4 Å². The van der Waals surface area contributed by atoms with Gasteiger partial charge in [0.25, 0.3) is 5.91 Å². The molecular formula is C28H36N4O4. The molecule has 2 aromatic carbocycles. The van der Waals surface area contributed by atoms with Crippen molar-refractivity contribution in [3.05, 3.63) is 59.8 Å². The second-order valence-corrected chi connectivity index (χ2v) is 10.1. The number of carbonyl (C=O) groups is 2. The summed E-state index contributed by atoms with van der Waals surface area (Å²) in [6.45, 7) is 4.93. The van der Waals surface area contributed by atoms with Crippen molar-refractivity contribution in [2.75, 3.05) is 39.1 Å². The summed E-state index contributed by atoms with van der Waals surface area (Å²) in [5.41, 5.74) is 2.93. The summed E-state index contributed by atoms with van der Waals surface area (Å²) in [6, 6.07) is 12.9. The summed E-state index contributed by atoms with van der Waals surface area (Å²) in [5.74, 6) is 0.177. The molecule has 4 rings (SSSR count). The van der Waals surface area contributed by atoms with E-state index in [1.54, 1.807) is 23.1 Å². The molecular weight excluding hydrogens is 456 g/mol. The Balaban J connectivity index is 1.60. The van der Waals surface area contributed by atoms with E-state index in [1.807, 2.05) is 63.1 Å². The number of aliphatic hydroxyl groups is 1. The smallest absolute Gasteiger partial charge is 0.258 e. The first-order chi connectivity index (χ1) is 17.2. The topological polar surface area (TPSA) is 87.0 Å². The zero-order chi connectivity index (χ0) is 26.0. The highest BCUT2D eigenvalue weighted by Crippen LogP contribution is 2.31.